The number of anilines is 1. The lowest BCUT2D eigenvalue weighted by Gasteiger charge is -2.24. The Hall–Kier alpha value is -3.01. The molecule has 2 saturated heterocycles. The molecule has 0 aromatic heterocycles. The number of sulfonamides is 1. The number of hydrogen-bond donors (Lipinski definition) is 1. The molecule has 3 aliphatic heterocycles. The number of amides is 2. The van der Waals surface area contributed by atoms with Crippen molar-refractivity contribution in [2.75, 3.05) is 4.90 Å². The summed E-state index contributed by atoms with van der Waals surface area (Å²) in [4.78, 5) is 29.2. The van der Waals surface area contributed by atoms with Crippen LogP contribution in [0.25, 0.3) is 0 Å². The number of benzene rings is 2. The Kier molecular flexibility index (Phi) is 4.74. The maximum Gasteiger partial charge on any atom is 0.276 e. The molecule has 2 fully saturated rings. The SMILES string of the molecule is CC12C=CC(O1)C1C(=O)N(c3ccc(S(=O)(=O)N/N=C/c4ccc(Cl)cc4)cc3)C(=O)C12. The van der Waals surface area contributed by atoms with Crippen molar-refractivity contribution in [3.05, 3.63) is 71.3 Å². The van der Waals surface area contributed by atoms with Crippen molar-refractivity contribution in [3.63, 3.8) is 0 Å². The lowest BCUT2D eigenvalue weighted by atomic mass is 9.78. The molecule has 0 aliphatic carbocycles. The summed E-state index contributed by atoms with van der Waals surface area (Å²) in [5.41, 5.74) is 0.206. The van der Waals surface area contributed by atoms with Crippen molar-refractivity contribution in [2.24, 2.45) is 16.9 Å². The largest absolute Gasteiger partial charge is 0.362 e. The molecule has 4 unspecified atom stereocenters. The predicted octanol–water partition coefficient (Wildman–Crippen LogP) is 2.49. The second-order valence-electron chi connectivity index (χ2n) is 8.04. The van der Waals surface area contributed by atoms with Crippen LogP contribution in [0, 0.1) is 11.8 Å². The first-order valence-electron chi connectivity index (χ1n) is 9.85. The van der Waals surface area contributed by atoms with Crippen LogP contribution >= 0.6 is 11.6 Å². The third-order valence-corrected chi connectivity index (χ3v) is 7.48. The fourth-order valence-electron chi connectivity index (χ4n) is 4.45. The van der Waals surface area contributed by atoms with Crippen molar-refractivity contribution < 1.29 is 22.7 Å². The van der Waals surface area contributed by atoms with Gasteiger partial charge in [-0.25, -0.2) is 9.73 Å². The average Bonchev–Trinajstić information content (AvgIpc) is 3.38. The quantitative estimate of drug-likeness (QED) is 0.312. The van der Waals surface area contributed by atoms with E-state index in [0.717, 1.165) is 4.90 Å². The van der Waals surface area contributed by atoms with E-state index < -0.39 is 33.6 Å². The van der Waals surface area contributed by atoms with Crippen molar-refractivity contribution in [3.8, 4) is 0 Å². The first-order valence-corrected chi connectivity index (χ1v) is 11.7. The minimum absolute atomic E-state index is 0.0502. The normalized spacial score (nSPS) is 28.7. The molecule has 4 atom stereocenters. The number of fused-ring (bicyclic) bond motifs is 5. The van der Waals surface area contributed by atoms with Crippen molar-refractivity contribution in [1.82, 2.24) is 4.83 Å². The van der Waals surface area contributed by atoms with Gasteiger partial charge in [0.05, 0.1) is 40.3 Å². The second-order valence-corrected chi connectivity index (χ2v) is 10.1. The van der Waals surface area contributed by atoms with Gasteiger partial charge in [-0.3, -0.25) is 9.59 Å². The second kappa shape index (κ2) is 7.26. The number of carbonyl (C=O) groups is 2. The monoisotopic (exact) mass is 471 g/mol. The lowest BCUT2D eigenvalue weighted by Crippen LogP contribution is -2.38. The van der Waals surface area contributed by atoms with E-state index in [2.05, 4.69) is 9.93 Å². The molecule has 164 valence electrons. The van der Waals surface area contributed by atoms with Gasteiger partial charge in [-0.05, 0) is 48.9 Å². The molecule has 8 nitrogen and oxygen atoms in total. The van der Waals surface area contributed by atoms with E-state index in [1.165, 1.54) is 30.5 Å². The van der Waals surface area contributed by atoms with Crippen LogP contribution in [-0.4, -0.2) is 38.2 Å². The third-order valence-electron chi connectivity index (χ3n) is 5.99. The Morgan fingerprint density at radius 1 is 1.09 bits per heavy atom. The third kappa shape index (κ3) is 3.24. The van der Waals surface area contributed by atoms with E-state index >= 15 is 0 Å². The molecular weight excluding hydrogens is 454 g/mol. The zero-order chi connectivity index (χ0) is 22.7. The molecule has 2 bridgehead atoms. The Bertz CT molecular complexity index is 1270. The summed E-state index contributed by atoms with van der Waals surface area (Å²) >= 11 is 5.82. The minimum Gasteiger partial charge on any atom is -0.362 e. The number of hydrazone groups is 1. The zero-order valence-corrected chi connectivity index (χ0v) is 18.4. The molecule has 3 aliphatic rings. The Labute approximate surface area is 189 Å². The van der Waals surface area contributed by atoms with Gasteiger partial charge < -0.3 is 4.74 Å². The predicted molar refractivity (Wildman–Crippen MR) is 118 cm³/mol. The van der Waals surface area contributed by atoms with Crippen molar-refractivity contribution in [1.29, 1.82) is 0 Å². The van der Waals surface area contributed by atoms with Crippen LogP contribution in [0.1, 0.15) is 12.5 Å². The number of nitrogens with zero attached hydrogens (tertiary/aromatic N) is 2. The highest BCUT2D eigenvalue weighted by molar-refractivity contribution is 7.89. The van der Waals surface area contributed by atoms with Gasteiger partial charge in [-0.15, -0.1) is 0 Å². The fourth-order valence-corrected chi connectivity index (χ4v) is 5.37. The summed E-state index contributed by atoms with van der Waals surface area (Å²) in [6, 6.07) is 12.3. The summed E-state index contributed by atoms with van der Waals surface area (Å²) in [7, 11) is -3.93. The number of halogens is 1. The number of rotatable bonds is 5. The highest BCUT2D eigenvalue weighted by atomic mass is 35.5. The van der Waals surface area contributed by atoms with Gasteiger partial charge in [0.2, 0.25) is 11.8 Å². The molecule has 2 aromatic rings. The standard InChI is InChI=1S/C22H18ClN3O5S/c1-22-11-10-17(31-22)18-19(22)21(28)26(20(18)27)15-6-8-16(9-7-15)32(29,30)25-24-12-13-2-4-14(23)5-3-13/h2-12,17-19,25H,1H3/b24-12+. The lowest BCUT2D eigenvalue weighted by molar-refractivity contribution is -0.126. The van der Waals surface area contributed by atoms with E-state index in [9.17, 15) is 18.0 Å². The number of imide groups is 1. The first-order chi connectivity index (χ1) is 15.2. The van der Waals surface area contributed by atoms with Crippen molar-refractivity contribution in [2.45, 2.75) is 23.5 Å². The molecule has 10 heteroatoms. The number of carbonyl (C=O) groups excluding carboxylic acids is 2. The van der Waals surface area contributed by atoms with E-state index in [0.29, 0.717) is 16.3 Å². The van der Waals surface area contributed by atoms with Gasteiger partial charge in [0, 0.05) is 5.02 Å². The van der Waals surface area contributed by atoms with Crippen LogP contribution < -0.4 is 9.73 Å². The van der Waals surface area contributed by atoms with E-state index in [4.69, 9.17) is 16.3 Å². The maximum absolute atomic E-state index is 13.0. The van der Waals surface area contributed by atoms with Crippen LogP contribution in [0.4, 0.5) is 5.69 Å². The van der Waals surface area contributed by atoms with E-state index in [1.54, 1.807) is 31.2 Å². The van der Waals surface area contributed by atoms with Gasteiger partial charge in [0.1, 0.15) is 0 Å². The maximum atomic E-state index is 13.0. The van der Waals surface area contributed by atoms with Gasteiger partial charge in [-0.1, -0.05) is 35.9 Å². The fraction of sp³-hybridized carbons (Fsp3) is 0.227. The first kappa shape index (κ1) is 20.9. The molecule has 2 amide bonds. The molecule has 5 rings (SSSR count). The average molecular weight is 472 g/mol. The number of nitrogens with one attached hydrogen (secondary N) is 1. The molecular formula is C22H18ClN3O5S. The number of hydrogen-bond acceptors (Lipinski definition) is 6. The van der Waals surface area contributed by atoms with E-state index in [-0.39, 0.29) is 16.7 Å². The summed E-state index contributed by atoms with van der Waals surface area (Å²) in [6.45, 7) is 1.80. The van der Waals surface area contributed by atoms with Gasteiger partial charge in [-0.2, -0.15) is 13.5 Å². The molecule has 3 heterocycles. The molecule has 0 spiro atoms. The van der Waals surface area contributed by atoms with Gasteiger partial charge in [0.15, 0.2) is 0 Å². The topological polar surface area (TPSA) is 105 Å². The van der Waals surface area contributed by atoms with Crippen molar-refractivity contribution >= 4 is 45.3 Å². The van der Waals surface area contributed by atoms with Gasteiger partial charge >= 0.3 is 0 Å². The highest BCUT2D eigenvalue weighted by Gasteiger charge is 2.66. The summed E-state index contributed by atoms with van der Waals surface area (Å²) < 4.78 is 30.8. The highest BCUT2D eigenvalue weighted by Crippen LogP contribution is 2.52. The van der Waals surface area contributed by atoms with Crippen LogP contribution in [0.2, 0.25) is 5.02 Å². The molecule has 32 heavy (non-hydrogen) atoms. The smallest absolute Gasteiger partial charge is 0.276 e. The Balaban J connectivity index is 1.32. The van der Waals surface area contributed by atoms with Crippen LogP contribution in [0.3, 0.4) is 0 Å². The Morgan fingerprint density at radius 2 is 1.78 bits per heavy atom. The minimum atomic E-state index is -3.93. The summed E-state index contributed by atoms with van der Waals surface area (Å²) in [5, 5.41) is 4.33. The van der Waals surface area contributed by atoms with Crippen LogP contribution in [0.5, 0.6) is 0 Å². The molecule has 1 N–H and O–H groups in total. The molecule has 0 radical (unpaired) electrons. The molecule has 0 saturated carbocycles. The summed E-state index contributed by atoms with van der Waals surface area (Å²) in [5.74, 6) is -1.79. The van der Waals surface area contributed by atoms with Crippen LogP contribution in [0.15, 0.2) is 70.7 Å². The van der Waals surface area contributed by atoms with E-state index in [1.807, 2.05) is 12.2 Å². The number of ether oxygens (including phenoxy) is 1. The zero-order valence-electron chi connectivity index (χ0n) is 16.8. The summed E-state index contributed by atoms with van der Waals surface area (Å²) in [6.07, 6.45) is 4.60. The van der Waals surface area contributed by atoms with Crippen LogP contribution in [-0.2, 0) is 24.3 Å². The van der Waals surface area contributed by atoms with Gasteiger partial charge in [0.25, 0.3) is 10.0 Å². The molecule has 2 aromatic carbocycles. The Morgan fingerprint density at radius 3 is 2.44 bits per heavy atom.